The quantitative estimate of drug-likeness (QED) is 0.333. The van der Waals surface area contributed by atoms with Crippen molar-refractivity contribution >= 4 is 36.4 Å². The van der Waals surface area contributed by atoms with Crippen molar-refractivity contribution in [3.05, 3.63) is 11.6 Å². The SMILES string of the molecule is Nc1nc(Cl)nc2c1ncn2[C@]12C[C@H](O)[C@H](O)[C@@]1(COP(=O)(O)O)C2. The molecule has 0 unspecified atom stereocenters. The number of aromatic nitrogens is 4. The number of phosphoric ester groups is 1. The third kappa shape index (κ3) is 2.32. The fourth-order valence-electron chi connectivity index (χ4n) is 4.06. The summed E-state index contributed by atoms with van der Waals surface area (Å²) in [5.41, 5.74) is 4.48. The molecule has 0 aliphatic heterocycles. The molecule has 2 aliphatic rings. The number of nitrogens with zero attached hydrogens (tertiary/aromatic N) is 4. The van der Waals surface area contributed by atoms with Gasteiger partial charge in [0, 0.05) is 11.8 Å². The van der Waals surface area contributed by atoms with Gasteiger partial charge in [-0.3, -0.25) is 4.52 Å². The second-order valence-corrected chi connectivity index (χ2v) is 8.09. The van der Waals surface area contributed by atoms with Gasteiger partial charge in [-0.1, -0.05) is 0 Å². The monoisotopic (exact) mass is 391 g/mol. The lowest BCUT2D eigenvalue weighted by Crippen LogP contribution is -2.33. The normalized spacial score (nSPS) is 34.4. The van der Waals surface area contributed by atoms with E-state index in [9.17, 15) is 14.8 Å². The highest BCUT2D eigenvalue weighted by Crippen LogP contribution is 2.72. The van der Waals surface area contributed by atoms with Gasteiger partial charge in [-0.15, -0.1) is 0 Å². The first kappa shape index (κ1) is 17.1. The van der Waals surface area contributed by atoms with Gasteiger partial charge in [0.1, 0.15) is 5.52 Å². The average molecular weight is 392 g/mol. The molecule has 13 heteroatoms. The number of hydrogen-bond acceptors (Lipinski definition) is 8. The van der Waals surface area contributed by atoms with Crippen LogP contribution in [0.5, 0.6) is 0 Å². The van der Waals surface area contributed by atoms with Crippen LogP contribution in [0.2, 0.25) is 5.28 Å². The predicted molar refractivity (Wildman–Crippen MR) is 84.4 cm³/mol. The van der Waals surface area contributed by atoms with Gasteiger partial charge in [-0.05, 0) is 18.0 Å². The van der Waals surface area contributed by atoms with Gasteiger partial charge in [0.05, 0.1) is 30.7 Å². The fraction of sp³-hybridized carbons (Fsp3) is 0.583. The van der Waals surface area contributed by atoms with Crippen molar-refractivity contribution in [3.8, 4) is 0 Å². The van der Waals surface area contributed by atoms with E-state index in [1.807, 2.05) is 0 Å². The maximum Gasteiger partial charge on any atom is 0.469 e. The van der Waals surface area contributed by atoms with Crippen molar-refractivity contribution in [2.24, 2.45) is 5.41 Å². The van der Waals surface area contributed by atoms with E-state index < -0.39 is 37.6 Å². The topological polar surface area (TPSA) is 177 Å². The molecule has 2 aromatic rings. The van der Waals surface area contributed by atoms with Crippen LogP contribution < -0.4 is 5.73 Å². The van der Waals surface area contributed by atoms with E-state index in [0.29, 0.717) is 17.6 Å². The minimum atomic E-state index is -4.74. The summed E-state index contributed by atoms with van der Waals surface area (Å²) < 4.78 is 17.3. The second kappa shape index (κ2) is 5.10. The Balaban J connectivity index is 1.81. The van der Waals surface area contributed by atoms with Crippen LogP contribution in [0.3, 0.4) is 0 Å². The summed E-state index contributed by atoms with van der Waals surface area (Å²) in [6.07, 6.45) is -0.389. The smallest absolute Gasteiger partial charge is 0.390 e. The molecule has 4 atom stereocenters. The second-order valence-electron chi connectivity index (χ2n) is 6.51. The molecule has 2 fully saturated rings. The van der Waals surface area contributed by atoms with Gasteiger partial charge in [0.2, 0.25) is 5.28 Å². The zero-order valence-corrected chi connectivity index (χ0v) is 14.3. The maximum atomic E-state index is 11.1. The molecule has 0 amide bonds. The summed E-state index contributed by atoms with van der Waals surface area (Å²) in [6.45, 7) is -0.427. The summed E-state index contributed by atoms with van der Waals surface area (Å²) in [7, 11) is -4.74. The fourth-order valence-corrected chi connectivity index (χ4v) is 4.63. The molecule has 2 aliphatic carbocycles. The van der Waals surface area contributed by atoms with Crippen molar-refractivity contribution in [2.45, 2.75) is 30.6 Å². The number of aliphatic hydroxyl groups is 2. The zero-order chi connectivity index (χ0) is 18.2. The zero-order valence-electron chi connectivity index (χ0n) is 12.7. The third-order valence-corrected chi connectivity index (χ3v) is 5.87. The van der Waals surface area contributed by atoms with Crippen LogP contribution in [-0.4, -0.2) is 58.3 Å². The molecule has 136 valence electrons. The van der Waals surface area contributed by atoms with Gasteiger partial charge in [0.25, 0.3) is 0 Å². The molecule has 2 aromatic heterocycles. The van der Waals surface area contributed by atoms with Crippen molar-refractivity contribution in [3.63, 3.8) is 0 Å². The number of nitrogen functional groups attached to an aromatic ring is 1. The largest absolute Gasteiger partial charge is 0.469 e. The van der Waals surface area contributed by atoms with Crippen LogP contribution in [0.15, 0.2) is 6.33 Å². The Bertz CT molecular complexity index is 919. The van der Waals surface area contributed by atoms with Crippen molar-refractivity contribution in [1.29, 1.82) is 0 Å². The van der Waals surface area contributed by atoms with E-state index >= 15 is 0 Å². The highest BCUT2D eigenvalue weighted by atomic mass is 35.5. The van der Waals surface area contributed by atoms with Gasteiger partial charge >= 0.3 is 7.82 Å². The molecule has 2 saturated carbocycles. The number of nitrogens with two attached hydrogens (primary N) is 1. The first-order valence-corrected chi connectivity index (χ1v) is 9.23. The summed E-state index contributed by atoms with van der Waals surface area (Å²) in [5.74, 6) is 0.0851. The number of imidazole rings is 1. The minimum Gasteiger partial charge on any atom is -0.390 e. The number of halogens is 1. The number of aliphatic hydroxyl groups excluding tert-OH is 2. The van der Waals surface area contributed by atoms with Gasteiger partial charge < -0.3 is 30.3 Å². The Morgan fingerprint density at radius 2 is 2.16 bits per heavy atom. The molecule has 0 saturated heterocycles. The lowest BCUT2D eigenvalue weighted by Gasteiger charge is -2.22. The number of phosphoric acid groups is 1. The Kier molecular flexibility index (Phi) is 3.49. The number of hydrogen-bond donors (Lipinski definition) is 5. The molecule has 11 nitrogen and oxygen atoms in total. The molecule has 4 rings (SSSR count). The van der Waals surface area contributed by atoms with Crippen LogP contribution in [0.4, 0.5) is 5.82 Å². The lowest BCUT2D eigenvalue weighted by molar-refractivity contribution is -0.0187. The summed E-state index contributed by atoms with van der Waals surface area (Å²) >= 11 is 5.86. The van der Waals surface area contributed by atoms with E-state index in [1.54, 1.807) is 4.57 Å². The van der Waals surface area contributed by atoms with Crippen molar-refractivity contribution in [1.82, 2.24) is 19.5 Å². The van der Waals surface area contributed by atoms with Crippen LogP contribution in [0, 0.1) is 5.41 Å². The maximum absolute atomic E-state index is 11.1. The van der Waals surface area contributed by atoms with Gasteiger partial charge in [-0.25, -0.2) is 9.55 Å². The molecule has 0 aromatic carbocycles. The van der Waals surface area contributed by atoms with Crippen LogP contribution >= 0.6 is 19.4 Å². The van der Waals surface area contributed by atoms with E-state index in [2.05, 4.69) is 19.5 Å². The predicted octanol–water partition coefficient (Wildman–Crippen LogP) is -0.618. The lowest BCUT2D eigenvalue weighted by atomic mass is 10.00. The Morgan fingerprint density at radius 1 is 1.44 bits per heavy atom. The first-order chi connectivity index (χ1) is 11.6. The number of fused-ring (bicyclic) bond motifs is 2. The molecular formula is C12H15ClN5O6P. The van der Waals surface area contributed by atoms with Crippen molar-refractivity contribution < 1.29 is 29.1 Å². The van der Waals surface area contributed by atoms with E-state index in [1.165, 1.54) is 6.33 Å². The average Bonchev–Trinajstić information content (AvgIpc) is 2.82. The van der Waals surface area contributed by atoms with Crippen molar-refractivity contribution in [2.75, 3.05) is 12.3 Å². The highest BCUT2D eigenvalue weighted by molar-refractivity contribution is 7.46. The van der Waals surface area contributed by atoms with Crippen LogP contribution in [-0.2, 0) is 14.6 Å². The van der Waals surface area contributed by atoms with Crippen LogP contribution in [0.1, 0.15) is 12.8 Å². The molecule has 2 heterocycles. The standard InChI is InChI=1S/C12H15ClN5O6P/c13-10-16-8(14)6-9(17-10)18(4-15-6)12-1-5(19)7(20)11(12,2-12)3-24-25(21,22)23/h4-5,7,19-20H,1-3H2,(H2,14,16,17)(H2,21,22,23)/t5-,7-,11-,12-/m0/s1. The van der Waals surface area contributed by atoms with E-state index in [-0.39, 0.29) is 17.5 Å². The molecule has 0 bridgehead atoms. The number of anilines is 1. The minimum absolute atomic E-state index is 0.0834. The van der Waals surface area contributed by atoms with E-state index in [0.717, 1.165) is 0 Å². The molecule has 6 N–H and O–H groups in total. The summed E-state index contributed by atoms with van der Waals surface area (Å²) in [4.78, 5) is 30.1. The Hall–Kier alpha value is -1.33. The van der Waals surface area contributed by atoms with Crippen LogP contribution in [0.25, 0.3) is 11.2 Å². The Morgan fingerprint density at radius 3 is 2.84 bits per heavy atom. The van der Waals surface area contributed by atoms with Gasteiger partial charge in [-0.2, -0.15) is 9.97 Å². The third-order valence-electron chi connectivity index (χ3n) is 5.23. The molecule has 25 heavy (non-hydrogen) atoms. The molecule has 0 spiro atoms. The number of rotatable bonds is 4. The summed E-state index contributed by atoms with van der Waals surface area (Å²) in [6, 6.07) is 0. The molecular weight excluding hydrogens is 377 g/mol. The first-order valence-electron chi connectivity index (χ1n) is 7.32. The Labute approximate surface area is 145 Å². The van der Waals surface area contributed by atoms with E-state index in [4.69, 9.17) is 27.1 Å². The summed E-state index contributed by atoms with van der Waals surface area (Å²) in [5, 5.41) is 20.4. The highest BCUT2D eigenvalue weighted by Gasteiger charge is 2.78. The van der Waals surface area contributed by atoms with Gasteiger partial charge in [0.15, 0.2) is 11.5 Å². The molecule has 0 radical (unpaired) electrons.